The van der Waals surface area contributed by atoms with E-state index >= 15 is 0 Å². The van der Waals surface area contributed by atoms with Crippen LogP contribution < -0.4 is 11.1 Å². The fraction of sp³-hybridized carbons (Fsp3) is 0.200. The van der Waals surface area contributed by atoms with Gasteiger partial charge in [-0.15, -0.1) is 0 Å². The van der Waals surface area contributed by atoms with Crippen LogP contribution in [-0.4, -0.2) is 16.3 Å². The van der Waals surface area contributed by atoms with Crippen LogP contribution in [0.2, 0.25) is 0 Å². The summed E-state index contributed by atoms with van der Waals surface area (Å²) in [6, 6.07) is 0.649. The van der Waals surface area contributed by atoms with Crippen molar-refractivity contribution in [3.05, 3.63) is 11.8 Å². The molecular formula is C5H7N3O3. The standard InChI is InChI=1S/C5H7N3O3/c6-5(10)7-4-1-3(2-9)8-11-4/h1,9H,2H2,(H3,6,7,10). The Morgan fingerprint density at radius 1 is 1.91 bits per heavy atom. The molecule has 0 radical (unpaired) electrons. The number of aliphatic hydroxyl groups excluding tert-OH is 1. The Kier molecular flexibility index (Phi) is 2.07. The predicted octanol–water partition coefficient (Wildman–Crippen LogP) is -0.342. The van der Waals surface area contributed by atoms with E-state index in [4.69, 9.17) is 10.8 Å². The van der Waals surface area contributed by atoms with Crippen molar-refractivity contribution in [2.24, 2.45) is 5.73 Å². The number of aliphatic hydroxyl groups is 1. The largest absolute Gasteiger partial charge is 0.390 e. The summed E-state index contributed by atoms with van der Waals surface area (Å²) in [5.41, 5.74) is 5.12. The van der Waals surface area contributed by atoms with E-state index in [2.05, 4.69) is 15.0 Å². The smallest absolute Gasteiger partial charge is 0.319 e. The van der Waals surface area contributed by atoms with Gasteiger partial charge in [0.2, 0.25) is 5.88 Å². The maximum atomic E-state index is 10.2. The molecule has 1 aromatic heterocycles. The first-order chi connectivity index (χ1) is 5.22. The van der Waals surface area contributed by atoms with Crippen molar-refractivity contribution in [2.45, 2.75) is 6.61 Å². The monoisotopic (exact) mass is 157 g/mol. The van der Waals surface area contributed by atoms with Crippen LogP contribution in [0.5, 0.6) is 0 Å². The molecule has 0 unspecified atom stereocenters. The maximum Gasteiger partial charge on any atom is 0.319 e. The van der Waals surface area contributed by atoms with Gasteiger partial charge in [0, 0.05) is 6.07 Å². The average Bonchev–Trinajstić information content (AvgIpc) is 2.34. The quantitative estimate of drug-likeness (QED) is 0.546. The number of amides is 2. The number of rotatable bonds is 2. The lowest BCUT2D eigenvalue weighted by molar-refractivity contribution is 0.258. The topological polar surface area (TPSA) is 101 Å². The van der Waals surface area contributed by atoms with Crippen LogP contribution in [0.15, 0.2) is 10.6 Å². The van der Waals surface area contributed by atoms with Crippen molar-refractivity contribution in [1.29, 1.82) is 0 Å². The number of hydrogen-bond acceptors (Lipinski definition) is 4. The fourth-order valence-electron chi connectivity index (χ4n) is 0.567. The molecule has 0 fully saturated rings. The van der Waals surface area contributed by atoms with Gasteiger partial charge in [0.1, 0.15) is 5.69 Å². The third-order valence-electron chi connectivity index (χ3n) is 0.967. The van der Waals surface area contributed by atoms with E-state index in [1.54, 1.807) is 0 Å². The number of hydrogen-bond donors (Lipinski definition) is 3. The van der Waals surface area contributed by atoms with Crippen LogP contribution in [0.3, 0.4) is 0 Å². The molecule has 0 saturated carbocycles. The third kappa shape index (κ3) is 1.94. The summed E-state index contributed by atoms with van der Waals surface area (Å²) in [4.78, 5) is 10.2. The van der Waals surface area contributed by atoms with Crippen LogP contribution in [0.1, 0.15) is 5.69 Å². The van der Waals surface area contributed by atoms with Gasteiger partial charge in [0.25, 0.3) is 0 Å². The Morgan fingerprint density at radius 3 is 3.09 bits per heavy atom. The summed E-state index contributed by atoms with van der Waals surface area (Å²) >= 11 is 0. The Bertz CT molecular complexity index is 257. The number of anilines is 1. The molecule has 0 aliphatic rings. The zero-order valence-electron chi connectivity index (χ0n) is 5.57. The van der Waals surface area contributed by atoms with E-state index in [9.17, 15) is 4.79 Å². The number of nitrogens with zero attached hydrogens (tertiary/aromatic N) is 1. The normalized spacial score (nSPS) is 9.55. The van der Waals surface area contributed by atoms with Crippen molar-refractivity contribution in [2.75, 3.05) is 5.32 Å². The molecule has 0 bridgehead atoms. The van der Waals surface area contributed by atoms with Crippen molar-refractivity contribution in [1.82, 2.24) is 5.16 Å². The van der Waals surface area contributed by atoms with Gasteiger partial charge in [-0.1, -0.05) is 5.16 Å². The number of aromatic nitrogens is 1. The summed E-state index contributed by atoms with van der Waals surface area (Å²) in [7, 11) is 0. The molecule has 0 spiro atoms. The molecule has 0 aliphatic carbocycles. The molecule has 0 atom stereocenters. The first kappa shape index (κ1) is 7.55. The van der Waals surface area contributed by atoms with Gasteiger partial charge in [-0.05, 0) is 0 Å². The molecule has 60 valence electrons. The van der Waals surface area contributed by atoms with E-state index < -0.39 is 6.03 Å². The van der Waals surface area contributed by atoms with Crippen LogP contribution in [-0.2, 0) is 6.61 Å². The van der Waals surface area contributed by atoms with Gasteiger partial charge in [-0.25, -0.2) is 4.79 Å². The molecule has 11 heavy (non-hydrogen) atoms. The minimum absolute atomic E-state index is 0.126. The summed E-state index contributed by atoms with van der Waals surface area (Å²) < 4.78 is 4.54. The molecule has 0 saturated heterocycles. The minimum atomic E-state index is -0.731. The van der Waals surface area contributed by atoms with Gasteiger partial charge in [-0.2, -0.15) is 0 Å². The number of urea groups is 1. The van der Waals surface area contributed by atoms with E-state index in [1.165, 1.54) is 6.07 Å². The van der Waals surface area contributed by atoms with E-state index in [0.29, 0.717) is 5.69 Å². The Morgan fingerprint density at radius 2 is 2.64 bits per heavy atom. The van der Waals surface area contributed by atoms with Crippen molar-refractivity contribution in [3.8, 4) is 0 Å². The van der Waals surface area contributed by atoms with Crippen molar-refractivity contribution in [3.63, 3.8) is 0 Å². The highest BCUT2D eigenvalue weighted by Gasteiger charge is 2.03. The summed E-state index contributed by atoms with van der Waals surface area (Å²) in [6.45, 7) is -0.232. The van der Waals surface area contributed by atoms with E-state index in [1.807, 2.05) is 0 Å². The predicted molar refractivity (Wildman–Crippen MR) is 35.6 cm³/mol. The summed E-state index contributed by atoms with van der Waals surface area (Å²) in [5, 5.41) is 14.1. The van der Waals surface area contributed by atoms with Crippen LogP contribution in [0, 0.1) is 0 Å². The molecule has 1 heterocycles. The minimum Gasteiger partial charge on any atom is -0.390 e. The molecule has 6 nitrogen and oxygen atoms in total. The van der Waals surface area contributed by atoms with Gasteiger partial charge >= 0.3 is 6.03 Å². The molecule has 0 aromatic carbocycles. The van der Waals surface area contributed by atoms with E-state index in [0.717, 1.165) is 0 Å². The van der Waals surface area contributed by atoms with Gasteiger partial charge < -0.3 is 15.4 Å². The Hall–Kier alpha value is -1.56. The first-order valence-electron chi connectivity index (χ1n) is 2.85. The Labute approximate surface area is 62.0 Å². The molecule has 4 N–H and O–H groups in total. The van der Waals surface area contributed by atoms with Gasteiger partial charge in [-0.3, -0.25) is 5.32 Å². The fourth-order valence-corrected chi connectivity index (χ4v) is 0.567. The molecule has 1 rings (SSSR count). The average molecular weight is 157 g/mol. The highest BCUT2D eigenvalue weighted by Crippen LogP contribution is 2.08. The second-order valence-electron chi connectivity index (χ2n) is 1.83. The zero-order valence-corrected chi connectivity index (χ0v) is 5.57. The number of primary amides is 1. The lowest BCUT2D eigenvalue weighted by Gasteiger charge is -1.90. The number of nitrogens with one attached hydrogen (secondary N) is 1. The van der Waals surface area contributed by atoms with Gasteiger partial charge in [0.05, 0.1) is 6.61 Å². The number of nitrogens with two attached hydrogens (primary N) is 1. The van der Waals surface area contributed by atoms with E-state index in [-0.39, 0.29) is 12.5 Å². The Balaban J connectivity index is 2.65. The summed E-state index contributed by atoms with van der Waals surface area (Å²) in [6.07, 6.45) is 0. The molecular weight excluding hydrogens is 150 g/mol. The SMILES string of the molecule is NC(=O)Nc1cc(CO)no1. The number of carbonyl (C=O) groups is 1. The van der Waals surface area contributed by atoms with Crippen LogP contribution in [0.4, 0.5) is 10.7 Å². The highest BCUT2D eigenvalue weighted by molar-refractivity contribution is 5.86. The molecule has 1 aromatic rings. The second kappa shape index (κ2) is 3.02. The first-order valence-corrected chi connectivity index (χ1v) is 2.85. The maximum absolute atomic E-state index is 10.2. The van der Waals surface area contributed by atoms with Crippen LogP contribution in [0.25, 0.3) is 0 Å². The highest BCUT2D eigenvalue weighted by atomic mass is 16.5. The third-order valence-corrected chi connectivity index (χ3v) is 0.967. The van der Waals surface area contributed by atoms with Crippen LogP contribution >= 0.6 is 0 Å². The van der Waals surface area contributed by atoms with Crippen molar-refractivity contribution < 1.29 is 14.4 Å². The molecule has 0 aliphatic heterocycles. The summed E-state index contributed by atoms with van der Waals surface area (Å²) in [5.74, 6) is 0.126. The van der Waals surface area contributed by atoms with Gasteiger partial charge in [0.15, 0.2) is 0 Å². The zero-order chi connectivity index (χ0) is 8.27. The molecule has 2 amide bonds. The second-order valence-corrected chi connectivity index (χ2v) is 1.83. The van der Waals surface area contributed by atoms with Crippen molar-refractivity contribution >= 4 is 11.9 Å². The molecule has 6 heteroatoms. The lowest BCUT2D eigenvalue weighted by Crippen LogP contribution is -2.18. The lowest BCUT2D eigenvalue weighted by atomic mass is 10.4. The number of carbonyl (C=O) groups excluding carboxylic acids is 1.